The Hall–Kier alpha value is -1.01. The van der Waals surface area contributed by atoms with Crippen molar-refractivity contribution in [1.82, 2.24) is 0 Å². The van der Waals surface area contributed by atoms with Crippen LogP contribution in [0.2, 0.25) is 0 Å². The molecule has 144 valence electrons. The normalized spacial score (nSPS) is 19.0. The summed E-state index contributed by atoms with van der Waals surface area (Å²) in [6.45, 7) is 8.20. The van der Waals surface area contributed by atoms with Gasteiger partial charge < -0.3 is 18.9 Å². The molecule has 0 radical (unpaired) electrons. The highest BCUT2D eigenvalue weighted by Crippen LogP contribution is 2.24. The number of ketones is 1. The lowest BCUT2D eigenvalue weighted by molar-refractivity contribution is -0.212. The topological polar surface area (TPSA) is 54.0 Å². The predicted molar refractivity (Wildman–Crippen MR) is 98.3 cm³/mol. The van der Waals surface area contributed by atoms with Crippen molar-refractivity contribution in [2.24, 2.45) is 0 Å². The SMILES string of the molecule is COC(C)(C)OCCCCC/C=C\C1=CC(OC(C)(C)OC)CC1=O. The summed E-state index contributed by atoms with van der Waals surface area (Å²) < 4.78 is 21.9. The Morgan fingerprint density at radius 3 is 2.40 bits per heavy atom. The van der Waals surface area contributed by atoms with E-state index in [1.807, 2.05) is 39.8 Å². The van der Waals surface area contributed by atoms with E-state index in [1.54, 1.807) is 14.2 Å². The van der Waals surface area contributed by atoms with Gasteiger partial charge in [-0.05, 0) is 53.0 Å². The summed E-state index contributed by atoms with van der Waals surface area (Å²) in [5.41, 5.74) is 0.738. The van der Waals surface area contributed by atoms with E-state index in [2.05, 4.69) is 6.08 Å². The predicted octanol–water partition coefficient (Wildman–Crippen LogP) is 4.17. The van der Waals surface area contributed by atoms with Gasteiger partial charge in [-0.15, -0.1) is 0 Å². The van der Waals surface area contributed by atoms with Crippen LogP contribution in [-0.2, 0) is 23.7 Å². The smallest absolute Gasteiger partial charge is 0.165 e. The van der Waals surface area contributed by atoms with Crippen LogP contribution in [-0.4, -0.2) is 44.3 Å². The summed E-state index contributed by atoms with van der Waals surface area (Å²) >= 11 is 0. The first kappa shape index (κ1) is 22.0. The molecular weight excluding hydrogens is 320 g/mol. The molecule has 0 spiro atoms. The van der Waals surface area contributed by atoms with Crippen LogP contribution in [0.4, 0.5) is 0 Å². The van der Waals surface area contributed by atoms with E-state index in [4.69, 9.17) is 18.9 Å². The van der Waals surface area contributed by atoms with Gasteiger partial charge in [0, 0.05) is 32.8 Å². The molecule has 0 amide bonds. The number of methoxy groups -OCH3 is 2. The van der Waals surface area contributed by atoms with Gasteiger partial charge in [-0.2, -0.15) is 0 Å². The molecule has 1 aliphatic carbocycles. The second kappa shape index (κ2) is 10.2. The number of rotatable bonds is 12. The number of unbranched alkanes of at least 4 members (excludes halogenated alkanes) is 3. The molecule has 0 heterocycles. The van der Waals surface area contributed by atoms with E-state index in [1.165, 1.54) is 0 Å². The lowest BCUT2D eigenvalue weighted by Gasteiger charge is -2.26. The van der Waals surface area contributed by atoms with Crippen molar-refractivity contribution in [3.05, 3.63) is 23.8 Å². The monoisotopic (exact) mass is 354 g/mol. The van der Waals surface area contributed by atoms with Crippen molar-refractivity contribution < 1.29 is 23.7 Å². The highest BCUT2D eigenvalue weighted by molar-refractivity contribution is 6.00. The molecule has 0 aromatic carbocycles. The average molecular weight is 354 g/mol. The lowest BCUT2D eigenvalue weighted by Crippen LogP contribution is -2.31. The fraction of sp³-hybridized carbons (Fsp3) is 0.750. The molecule has 1 unspecified atom stereocenters. The molecule has 1 aliphatic rings. The van der Waals surface area contributed by atoms with Crippen molar-refractivity contribution in [1.29, 1.82) is 0 Å². The van der Waals surface area contributed by atoms with Gasteiger partial charge in [0.1, 0.15) is 0 Å². The average Bonchev–Trinajstić information content (AvgIpc) is 2.88. The van der Waals surface area contributed by atoms with Gasteiger partial charge in [0.15, 0.2) is 17.4 Å². The minimum atomic E-state index is -0.680. The van der Waals surface area contributed by atoms with E-state index in [-0.39, 0.29) is 11.9 Å². The van der Waals surface area contributed by atoms with Crippen LogP contribution in [0.15, 0.2) is 23.8 Å². The van der Waals surface area contributed by atoms with Crippen LogP contribution in [0.5, 0.6) is 0 Å². The minimum absolute atomic E-state index is 0.128. The van der Waals surface area contributed by atoms with Crippen molar-refractivity contribution in [3.63, 3.8) is 0 Å². The van der Waals surface area contributed by atoms with Crippen LogP contribution >= 0.6 is 0 Å². The maximum atomic E-state index is 12.0. The number of ether oxygens (including phenoxy) is 4. The summed E-state index contributed by atoms with van der Waals surface area (Å²) in [7, 11) is 3.25. The Morgan fingerprint density at radius 2 is 1.76 bits per heavy atom. The van der Waals surface area contributed by atoms with E-state index >= 15 is 0 Å². The van der Waals surface area contributed by atoms with Crippen LogP contribution in [0.3, 0.4) is 0 Å². The second-order valence-electron chi connectivity index (χ2n) is 7.21. The first-order valence-electron chi connectivity index (χ1n) is 9.03. The molecule has 0 aromatic rings. The van der Waals surface area contributed by atoms with Gasteiger partial charge in [0.05, 0.1) is 6.10 Å². The van der Waals surface area contributed by atoms with Crippen LogP contribution in [0, 0.1) is 0 Å². The summed E-state index contributed by atoms with van der Waals surface area (Å²) in [5, 5.41) is 0. The van der Waals surface area contributed by atoms with Crippen molar-refractivity contribution in [3.8, 4) is 0 Å². The highest BCUT2D eigenvalue weighted by atomic mass is 16.7. The van der Waals surface area contributed by atoms with Crippen LogP contribution in [0.1, 0.15) is 59.8 Å². The number of carbonyl (C=O) groups is 1. The first-order valence-corrected chi connectivity index (χ1v) is 9.03. The fourth-order valence-electron chi connectivity index (χ4n) is 2.42. The van der Waals surface area contributed by atoms with Crippen LogP contribution in [0.25, 0.3) is 0 Å². The van der Waals surface area contributed by atoms with Crippen LogP contribution < -0.4 is 0 Å². The van der Waals surface area contributed by atoms with E-state index in [0.29, 0.717) is 13.0 Å². The molecule has 25 heavy (non-hydrogen) atoms. The third-order valence-corrected chi connectivity index (χ3v) is 4.25. The Balaban J connectivity index is 2.24. The number of Topliss-reactive ketones (excluding diaryl/α,β-unsaturated/α-hetero) is 1. The Morgan fingerprint density at radius 1 is 1.08 bits per heavy atom. The third-order valence-electron chi connectivity index (χ3n) is 4.25. The van der Waals surface area contributed by atoms with Gasteiger partial charge in [0.25, 0.3) is 0 Å². The molecule has 1 atom stereocenters. The zero-order valence-corrected chi connectivity index (χ0v) is 16.6. The number of hydrogen-bond acceptors (Lipinski definition) is 5. The Kier molecular flexibility index (Phi) is 9.00. The summed E-state index contributed by atoms with van der Waals surface area (Å²) in [5.74, 6) is -1.06. The van der Waals surface area contributed by atoms with Gasteiger partial charge in [-0.25, -0.2) is 0 Å². The minimum Gasteiger partial charge on any atom is -0.354 e. The maximum absolute atomic E-state index is 12.0. The molecule has 1 rings (SSSR count). The number of carbonyl (C=O) groups excluding carboxylic acids is 1. The zero-order valence-electron chi connectivity index (χ0n) is 16.6. The Labute approximate surface area is 152 Å². The van der Waals surface area contributed by atoms with Crippen molar-refractivity contribution in [2.75, 3.05) is 20.8 Å². The second-order valence-corrected chi connectivity index (χ2v) is 7.21. The first-order chi connectivity index (χ1) is 11.7. The summed E-state index contributed by atoms with van der Waals surface area (Å²) in [4.78, 5) is 12.0. The molecular formula is C20H34O5. The molecule has 0 fully saturated rings. The standard InChI is InChI=1S/C20H34O5/c1-19(2,22-5)24-13-11-9-7-8-10-12-16-14-17(15-18(16)21)25-20(3,4)23-6/h10,12,14,17H,7-9,11,13,15H2,1-6H3/b12-10-. The lowest BCUT2D eigenvalue weighted by atomic mass is 10.1. The van der Waals surface area contributed by atoms with Gasteiger partial charge in [0.2, 0.25) is 0 Å². The van der Waals surface area contributed by atoms with E-state index < -0.39 is 11.6 Å². The molecule has 0 aromatic heterocycles. The maximum Gasteiger partial charge on any atom is 0.165 e. The molecule has 5 nitrogen and oxygen atoms in total. The molecule has 0 saturated heterocycles. The quantitative estimate of drug-likeness (QED) is 0.389. The summed E-state index contributed by atoms with van der Waals surface area (Å²) in [6.07, 6.45) is 10.2. The molecule has 0 N–H and O–H groups in total. The van der Waals surface area contributed by atoms with Crippen molar-refractivity contribution in [2.45, 2.75) is 77.5 Å². The third kappa shape index (κ3) is 8.77. The number of allylic oxidation sites excluding steroid dienone is 3. The van der Waals surface area contributed by atoms with Gasteiger partial charge in [-0.1, -0.05) is 18.6 Å². The van der Waals surface area contributed by atoms with Crippen molar-refractivity contribution >= 4 is 5.78 Å². The molecule has 0 aliphatic heterocycles. The highest BCUT2D eigenvalue weighted by Gasteiger charge is 2.28. The largest absolute Gasteiger partial charge is 0.354 e. The zero-order chi connectivity index (χ0) is 18.9. The molecule has 0 saturated carbocycles. The van der Waals surface area contributed by atoms with Gasteiger partial charge >= 0.3 is 0 Å². The fourth-order valence-corrected chi connectivity index (χ4v) is 2.42. The number of hydrogen-bond donors (Lipinski definition) is 0. The summed E-state index contributed by atoms with van der Waals surface area (Å²) in [6, 6.07) is 0. The van der Waals surface area contributed by atoms with E-state index in [9.17, 15) is 4.79 Å². The Bertz CT molecular complexity index is 476. The van der Waals surface area contributed by atoms with Gasteiger partial charge in [-0.3, -0.25) is 4.79 Å². The molecule has 5 heteroatoms. The molecule has 0 bridgehead atoms. The van der Waals surface area contributed by atoms with E-state index in [0.717, 1.165) is 31.3 Å².